The molecule has 118 valence electrons. The number of hydrogen-bond donors (Lipinski definition) is 3. The van der Waals surface area contributed by atoms with Crippen molar-refractivity contribution < 1.29 is 9.59 Å². The van der Waals surface area contributed by atoms with Gasteiger partial charge in [-0.25, -0.2) is 4.79 Å². The van der Waals surface area contributed by atoms with Crippen LogP contribution in [0.5, 0.6) is 0 Å². The van der Waals surface area contributed by atoms with Gasteiger partial charge in [-0.15, -0.1) is 0 Å². The van der Waals surface area contributed by atoms with Gasteiger partial charge in [-0.05, 0) is 26.2 Å². The number of rotatable bonds is 6. The largest absolute Gasteiger partial charge is 0.326 e. The van der Waals surface area contributed by atoms with E-state index in [0.717, 1.165) is 0 Å². The molecule has 3 amide bonds. The summed E-state index contributed by atoms with van der Waals surface area (Å²) >= 11 is 0. The molecule has 1 unspecified atom stereocenters. The normalized spacial score (nSPS) is 12.3. The lowest BCUT2D eigenvalue weighted by Crippen LogP contribution is -2.50. The molecule has 0 aromatic carbocycles. The molecule has 1 rings (SSSR count). The highest BCUT2D eigenvalue weighted by Crippen LogP contribution is 2.09. The van der Waals surface area contributed by atoms with Gasteiger partial charge < -0.3 is 15.5 Å². The van der Waals surface area contributed by atoms with Crippen LogP contribution in [0, 0.1) is 5.92 Å². The number of urea groups is 1. The minimum absolute atomic E-state index is 0.0698. The number of H-pyrrole nitrogens is 1. The molecule has 0 radical (unpaired) electrons. The van der Waals surface area contributed by atoms with Gasteiger partial charge in [-0.3, -0.25) is 9.89 Å². The molecule has 7 heteroatoms. The van der Waals surface area contributed by atoms with Gasteiger partial charge in [0, 0.05) is 19.2 Å². The first-order chi connectivity index (χ1) is 9.81. The Kier molecular flexibility index (Phi) is 6.20. The molecular formula is C14H25N5O2. The summed E-state index contributed by atoms with van der Waals surface area (Å²) in [7, 11) is 1.71. The van der Waals surface area contributed by atoms with E-state index in [2.05, 4.69) is 20.8 Å². The van der Waals surface area contributed by atoms with E-state index in [-0.39, 0.29) is 23.9 Å². The standard InChI is InChI=1S/C14H25N5O2/c1-9(2)8-11(16-14(21)19(5)10(3)4)13(20)17-12-6-7-15-18-12/h6-7,9-11H,8H2,1-5H3,(H,16,21)(H2,15,17,18,20). The number of amides is 3. The second-order valence-corrected chi connectivity index (χ2v) is 5.80. The number of anilines is 1. The smallest absolute Gasteiger partial charge is 0.318 e. The van der Waals surface area contributed by atoms with Crippen molar-refractivity contribution in [2.45, 2.75) is 46.2 Å². The van der Waals surface area contributed by atoms with E-state index in [0.29, 0.717) is 12.2 Å². The van der Waals surface area contributed by atoms with Crippen LogP contribution in [0.1, 0.15) is 34.1 Å². The summed E-state index contributed by atoms with van der Waals surface area (Å²) in [6.07, 6.45) is 2.12. The number of nitrogens with zero attached hydrogens (tertiary/aromatic N) is 2. The molecule has 1 aromatic rings. The third-order valence-corrected chi connectivity index (χ3v) is 3.17. The number of hydrogen-bond acceptors (Lipinski definition) is 3. The van der Waals surface area contributed by atoms with Gasteiger partial charge in [-0.1, -0.05) is 13.8 Å². The summed E-state index contributed by atoms with van der Waals surface area (Å²) in [6, 6.07) is 0.893. The summed E-state index contributed by atoms with van der Waals surface area (Å²) in [6.45, 7) is 7.85. The molecule has 1 heterocycles. The molecule has 0 aliphatic rings. The van der Waals surface area contributed by atoms with Crippen LogP contribution >= 0.6 is 0 Å². The molecule has 0 spiro atoms. The van der Waals surface area contributed by atoms with E-state index in [4.69, 9.17) is 0 Å². The summed E-state index contributed by atoms with van der Waals surface area (Å²) in [5.74, 6) is 0.547. The van der Waals surface area contributed by atoms with Gasteiger partial charge in [0.05, 0.1) is 6.20 Å². The third kappa shape index (κ3) is 5.45. The number of aromatic nitrogens is 2. The van der Waals surface area contributed by atoms with E-state index in [1.165, 1.54) is 0 Å². The lowest BCUT2D eigenvalue weighted by atomic mass is 10.0. The van der Waals surface area contributed by atoms with Crippen molar-refractivity contribution in [3.05, 3.63) is 12.3 Å². The SMILES string of the molecule is CC(C)CC(NC(=O)N(C)C(C)C)C(=O)Nc1ccn[nH]1. The molecule has 0 bridgehead atoms. The second kappa shape index (κ2) is 7.66. The Morgan fingerprint density at radius 3 is 2.48 bits per heavy atom. The maximum atomic E-state index is 12.3. The first-order valence-corrected chi connectivity index (χ1v) is 7.14. The van der Waals surface area contributed by atoms with E-state index in [1.54, 1.807) is 24.2 Å². The summed E-state index contributed by atoms with van der Waals surface area (Å²) in [5.41, 5.74) is 0. The van der Waals surface area contributed by atoms with Crippen LogP contribution in [0.2, 0.25) is 0 Å². The minimum atomic E-state index is -0.581. The van der Waals surface area contributed by atoms with Crippen molar-refractivity contribution in [3.8, 4) is 0 Å². The predicted octanol–water partition coefficient (Wildman–Crippen LogP) is 1.81. The van der Waals surface area contributed by atoms with Crippen LogP contribution in [-0.2, 0) is 4.79 Å². The number of nitrogens with one attached hydrogen (secondary N) is 3. The highest BCUT2D eigenvalue weighted by Gasteiger charge is 2.24. The Morgan fingerprint density at radius 2 is 2.00 bits per heavy atom. The van der Waals surface area contributed by atoms with Crippen LogP contribution < -0.4 is 10.6 Å². The quantitative estimate of drug-likeness (QED) is 0.747. The van der Waals surface area contributed by atoms with E-state index >= 15 is 0 Å². The average molecular weight is 295 g/mol. The number of carbonyl (C=O) groups is 2. The predicted molar refractivity (Wildman–Crippen MR) is 81.9 cm³/mol. The summed E-state index contributed by atoms with van der Waals surface area (Å²) < 4.78 is 0. The fourth-order valence-electron chi connectivity index (χ4n) is 1.73. The van der Waals surface area contributed by atoms with Crippen molar-refractivity contribution in [3.63, 3.8) is 0 Å². The minimum Gasteiger partial charge on any atom is -0.326 e. The highest BCUT2D eigenvalue weighted by molar-refractivity contribution is 5.96. The number of aromatic amines is 1. The molecule has 0 saturated heterocycles. The zero-order chi connectivity index (χ0) is 16.0. The van der Waals surface area contributed by atoms with E-state index < -0.39 is 6.04 Å². The fraction of sp³-hybridized carbons (Fsp3) is 0.643. The Bertz CT molecular complexity index is 456. The Balaban J connectivity index is 2.70. The molecule has 0 aliphatic heterocycles. The highest BCUT2D eigenvalue weighted by atomic mass is 16.2. The van der Waals surface area contributed by atoms with Crippen LogP contribution in [0.25, 0.3) is 0 Å². The van der Waals surface area contributed by atoms with Crippen molar-refractivity contribution >= 4 is 17.8 Å². The van der Waals surface area contributed by atoms with Crippen LogP contribution in [-0.4, -0.2) is 46.2 Å². The molecule has 0 fully saturated rings. The number of carbonyl (C=O) groups excluding carboxylic acids is 2. The molecule has 21 heavy (non-hydrogen) atoms. The second-order valence-electron chi connectivity index (χ2n) is 5.80. The molecule has 7 nitrogen and oxygen atoms in total. The van der Waals surface area contributed by atoms with Crippen molar-refractivity contribution in [1.82, 2.24) is 20.4 Å². The van der Waals surface area contributed by atoms with Gasteiger partial charge in [0.1, 0.15) is 11.9 Å². The summed E-state index contributed by atoms with van der Waals surface area (Å²) in [5, 5.41) is 11.9. The van der Waals surface area contributed by atoms with Gasteiger partial charge in [0.15, 0.2) is 0 Å². The Labute approximate surface area is 125 Å². The summed E-state index contributed by atoms with van der Waals surface area (Å²) in [4.78, 5) is 25.9. The average Bonchev–Trinajstić information content (AvgIpc) is 2.88. The molecular weight excluding hydrogens is 270 g/mol. The zero-order valence-electron chi connectivity index (χ0n) is 13.3. The topological polar surface area (TPSA) is 90.1 Å². The van der Waals surface area contributed by atoms with Crippen molar-refractivity contribution in [2.75, 3.05) is 12.4 Å². The maximum Gasteiger partial charge on any atom is 0.318 e. The molecule has 0 saturated carbocycles. The lowest BCUT2D eigenvalue weighted by molar-refractivity contribution is -0.118. The van der Waals surface area contributed by atoms with Crippen LogP contribution in [0.3, 0.4) is 0 Å². The molecule has 1 atom stereocenters. The van der Waals surface area contributed by atoms with Gasteiger partial charge >= 0.3 is 6.03 Å². The van der Waals surface area contributed by atoms with Gasteiger partial charge in [-0.2, -0.15) is 5.10 Å². The van der Waals surface area contributed by atoms with E-state index in [1.807, 2.05) is 27.7 Å². The van der Waals surface area contributed by atoms with Crippen LogP contribution in [0.15, 0.2) is 12.3 Å². The fourth-order valence-corrected chi connectivity index (χ4v) is 1.73. The Hall–Kier alpha value is -2.05. The monoisotopic (exact) mass is 295 g/mol. The first-order valence-electron chi connectivity index (χ1n) is 7.14. The Morgan fingerprint density at radius 1 is 1.33 bits per heavy atom. The maximum absolute atomic E-state index is 12.3. The van der Waals surface area contributed by atoms with Gasteiger partial charge in [0.25, 0.3) is 0 Å². The molecule has 1 aromatic heterocycles. The van der Waals surface area contributed by atoms with Crippen molar-refractivity contribution in [1.29, 1.82) is 0 Å². The zero-order valence-corrected chi connectivity index (χ0v) is 13.3. The van der Waals surface area contributed by atoms with Gasteiger partial charge in [0.2, 0.25) is 5.91 Å². The third-order valence-electron chi connectivity index (χ3n) is 3.17. The van der Waals surface area contributed by atoms with Crippen molar-refractivity contribution in [2.24, 2.45) is 5.92 Å². The molecule has 3 N–H and O–H groups in total. The lowest BCUT2D eigenvalue weighted by Gasteiger charge is -2.26. The van der Waals surface area contributed by atoms with E-state index in [9.17, 15) is 9.59 Å². The first kappa shape index (κ1) is 17.0. The van der Waals surface area contributed by atoms with Crippen LogP contribution in [0.4, 0.5) is 10.6 Å². The molecule has 0 aliphatic carbocycles.